The summed E-state index contributed by atoms with van der Waals surface area (Å²) < 4.78 is 2.29. The second-order valence-electron chi connectivity index (χ2n) is 3.72. The highest BCUT2D eigenvalue weighted by Crippen LogP contribution is 2.28. The fraction of sp³-hybridized carbons (Fsp3) is 0.545. The van der Waals surface area contributed by atoms with E-state index in [9.17, 15) is 4.79 Å². The minimum atomic E-state index is 0.468. The Morgan fingerprint density at radius 2 is 2.46 bits per heavy atom. The zero-order valence-corrected chi connectivity index (χ0v) is 7.78. The van der Waals surface area contributed by atoms with Crippen LogP contribution in [0.15, 0.2) is 18.3 Å². The minimum absolute atomic E-state index is 0.468. The highest BCUT2D eigenvalue weighted by molar-refractivity contribution is 5.51. The van der Waals surface area contributed by atoms with Gasteiger partial charge in [-0.15, -0.1) is 0 Å². The average molecular weight is 177 g/mol. The molecule has 2 heterocycles. The Morgan fingerprint density at radius 1 is 1.54 bits per heavy atom. The average Bonchev–Trinajstić information content (AvgIpc) is 2.52. The van der Waals surface area contributed by atoms with Gasteiger partial charge in [0.05, 0.1) is 0 Å². The summed E-state index contributed by atoms with van der Waals surface area (Å²) in [5.74, 6) is 0.468. The van der Waals surface area contributed by atoms with Gasteiger partial charge < -0.3 is 9.36 Å². The fourth-order valence-corrected chi connectivity index (χ4v) is 2.18. The van der Waals surface area contributed by atoms with Crippen LogP contribution in [0.25, 0.3) is 0 Å². The molecule has 0 fully saturated rings. The first kappa shape index (κ1) is 8.54. The van der Waals surface area contributed by atoms with E-state index >= 15 is 0 Å². The summed E-state index contributed by atoms with van der Waals surface area (Å²) in [4.78, 5) is 10.5. The molecule has 0 saturated heterocycles. The van der Waals surface area contributed by atoms with Crippen LogP contribution in [0.3, 0.4) is 0 Å². The summed E-state index contributed by atoms with van der Waals surface area (Å²) >= 11 is 0. The molecule has 1 aromatic rings. The molecule has 0 saturated carbocycles. The molecule has 1 aliphatic rings. The van der Waals surface area contributed by atoms with E-state index in [0.29, 0.717) is 12.3 Å². The molecule has 70 valence electrons. The molecule has 0 amide bonds. The Morgan fingerprint density at radius 3 is 3.31 bits per heavy atom. The number of rotatable bonds is 2. The zero-order valence-electron chi connectivity index (χ0n) is 7.78. The van der Waals surface area contributed by atoms with Crippen LogP contribution in [0.1, 0.15) is 37.3 Å². The van der Waals surface area contributed by atoms with Crippen molar-refractivity contribution in [3.63, 3.8) is 0 Å². The molecule has 0 unspecified atom stereocenters. The van der Waals surface area contributed by atoms with Crippen LogP contribution in [0.5, 0.6) is 0 Å². The topological polar surface area (TPSA) is 22.0 Å². The van der Waals surface area contributed by atoms with Crippen molar-refractivity contribution >= 4 is 6.29 Å². The monoisotopic (exact) mass is 177 g/mol. The Labute approximate surface area is 78.6 Å². The predicted octanol–water partition coefficient (Wildman–Crippen LogP) is 2.34. The molecule has 1 aliphatic heterocycles. The van der Waals surface area contributed by atoms with E-state index in [4.69, 9.17) is 0 Å². The first-order valence-corrected chi connectivity index (χ1v) is 5.00. The van der Waals surface area contributed by atoms with Crippen molar-refractivity contribution in [2.75, 3.05) is 0 Å². The molecule has 0 radical (unpaired) electrons. The first-order chi connectivity index (χ1) is 6.42. The van der Waals surface area contributed by atoms with Crippen LogP contribution in [0.4, 0.5) is 0 Å². The second-order valence-corrected chi connectivity index (χ2v) is 3.72. The maximum Gasteiger partial charge on any atom is 0.120 e. The van der Waals surface area contributed by atoms with Crippen molar-refractivity contribution in [3.05, 3.63) is 24.0 Å². The summed E-state index contributed by atoms with van der Waals surface area (Å²) in [6, 6.07) is 4.23. The molecular formula is C11H15NO. The van der Waals surface area contributed by atoms with Gasteiger partial charge in [0.1, 0.15) is 6.29 Å². The lowest BCUT2D eigenvalue weighted by atomic mass is 9.97. The molecule has 0 aliphatic carbocycles. The Balaban J connectivity index is 2.25. The molecule has 2 nitrogen and oxygen atoms in total. The quantitative estimate of drug-likeness (QED) is 0.635. The van der Waals surface area contributed by atoms with Gasteiger partial charge in [-0.05, 0) is 25.0 Å². The van der Waals surface area contributed by atoms with Crippen LogP contribution in [-0.4, -0.2) is 10.9 Å². The highest BCUT2D eigenvalue weighted by atomic mass is 16.1. The lowest BCUT2D eigenvalue weighted by Crippen LogP contribution is -2.04. The lowest BCUT2D eigenvalue weighted by Gasteiger charge is -2.12. The standard InChI is InChI=1S/C11H15NO/c13-9-6-10-4-1-2-7-12-8-3-5-11(10)12/h3,5,8-10H,1-2,4,6-7H2/t10-/m1/s1. The second kappa shape index (κ2) is 3.77. The molecule has 0 aromatic carbocycles. The minimum Gasteiger partial charge on any atom is -0.351 e. The van der Waals surface area contributed by atoms with Crippen LogP contribution in [0, 0.1) is 0 Å². The van der Waals surface area contributed by atoms with Crippen LogP contribution < -0.4 is 0 Å². The summed E-state index contributed by atoms with van der Waals surface area (Å²) in [5.41, 5.74) is 1.35. The van der Waals surface area contributed by atoms with Crippen molar-refractivity contribution in [1.29, 1.82) is 0 Å². The van der Waals surface area contributed by atoms with Crippen molar-refractivity contribution in [3.8, 4) is 0 Å². The van der Waals surface area contributed by atoms with Crippen molar-refractivity contribution in [2.24, 2.45) is 0 Å². The molecule has 0 bridgehead atoms. The van der Waals surface area contributed by atoms with Gasteiger partial charge in [0.2, 0.25) is 0 Å². The molecule has 2 heteroatoms. The summed E-state index contributed by atoms with van der Waals surface area (Å²) in [6.45, 7) is 1.12. The van der Waals surface area contributed by atoms with Crippen molar-refractivity contribution < 1.29 is 4.79 Å². The van der Waals surface area contributed by atoms with E-state index in [2.05, 4.69) is 22.9 Å². The van der Waals surface area contributed by atoms with Gasteiger partial charge in [0.15, 0.2) is 0 Å². The summed E-state index contributed by atoms with van der Waals surface area (Å²) in [7, 11) is 0. The van der Waals surface area contributed by atoms with Gasteiger partial charge in [0, 0.05) is 30.8 Å². The van der Waals surface area contributed by atoms with E-state index in [-0.39, 0.29) is 0 Å². The van der Waals surface area contributed by atoms with Gasteiger partial charge in [-0.2, -0.15) is 0 Å². The molecule has 0 spiro atoms. The summed E-state index contributed by atoms with van der Waals surface area (Å²) in [6.07, 6.45) is 7.52. The number of carbonyl (C=O) groups excluding carboxylic acids is 1. The van der Waals surface area contributed by atoms with E-state index in [1.807, 2.05) is 0 Å². The van der Waals surface area contributed by atoms with E-state index < -0.39 is 0 Å². The van der Waals surface area contributed by atoms with E-state index in [1.54, 1.807) is 0 Å². The van der Waals surface area contributed by atoms with Crippen LogP contribution in [0.2, 0.25) is 0 Å². The molecule has 0 N–H and O–H groups in total. The smallest absolute Gasteiger partial charge is 0.120 e. The number of aromatic nitrogens is 1. The normalized spacial score (nSPS) is 22.0. The molecular weight excluding hydrogens is 162 g/mol. The van der Waals surface area contributed by atoms with Gasteiger partial charge in [-0.1, -0.05) is 6.42 Å². The first-order valence-electron chi connectivity index (χ1n) is 5.00. The van der Waals surface area contributed by atoms with Crippen LogP contribution >= 0.6 is 0 Å². The Bertz CT molecular complexity index is 290. The Kier molecular flexibility index (Phi) is 2.48. The number of aldehydes is 1. The molecule has 2 rings (SSSR count). The zero-order chi connectivity index (χ0) is 9.10. The van der Waals surface area contributed by atoms with E-state index in [1.165, 1.54) is 25.0 Å². The lowest BCUT2D eigenvalue weighted by molar-refractivity contribution is -0.108. The van der Waals surface area contributed by atoms with Gasteiger partial charge in [0.25, 0.3) is 0 Å². The highest BCUT2D eigenvalue weighted by Gasteiger charge is 2.17. The number of hydrogen-bond acceptors (Lipinski definition) is 1. The van der Waals surface area contributed by atoms with Gasteiger partial charge >= 0.3 is 0 Å². The number of hydrogen-bond donors (Lipinski definition) is 0. The summed E-state index contributed by atoms with van der Waals surface area (Å²) in [5, 5.41) is 0. The van der Waals surface area contributed by atoms with Crippen molar-refractivity contribution in [1.82, 2.24) is 4.57 Å². The predicted molar refractivity (Wildman–Crippen MR) is 51.7 cm³/mol. The molecule has 1 aromatic heterocycles. The Hall–Kier alpha value is -1.05. The third kappa shape index (κ3) is 1.67. The number of aryl methyl sites for hydroxylation is 1. The number of fused-ring (bicyclic) bond motifs is 1. The molecule has 13 heavy (non-hydrogen) atoms. The largest absolute Gasteiger partial charge is 0.351 e. The van der Waals surface area contributed by atoms with Gasteiger partial charge in [-0.3, -0.25) is 0 Å². The van der Waals surface area contributed by atoms with Gasteiger partial charge in [-0.25, -0.2) is 0 Å². The van der Waals surface area contributed by atoms with Crippen LogP contribution in [-0.2, 0) is 11.3 Å². The maximum atomic E-state index is 10.5. The fourth-order valence-electron chi connectivity index (χ4n) is 2.18. The third-order valence-electron chi connectivity index (χ3n) is 2.87. The SMILES string of the molecule is O=CC[C@H]1CCCCn2cccc21. The van der Waals surface area contributed by atoms with E-state index in [0.717, 1.165) is 12.8 Å². The number of nitrogens with zero attached hydrogens (tertiary/aromatic N) is 1. The number of carbonyl (C=O) groups is 1. The third-order valence-corrected chi connectivity index (χ3v) is 2.87. The maximum absolute atomic E-state index is 10.5. The molecule has 1 atom stereocenters. The van der Waals surface area contributed by atoms with Crippen molar-refractivity contribution in [2.45, 2.75) is 38.1 Å².